The van der Waals surface area contributed by atoms with Gasteiger partial charge in [-0.1, -0.05) is 90.5 Å². The predicted molar refractivity (Wildman–Crippen MR) is 131 cm³/mol. The highest BCUT2D eigenvalue weighted by Gasteiger charge is 2.50. The normalized spacial score (nSPS) is 14.9. The zero-order valence-corrected chi connectivity index (χ0v) is 18.5. The van der Waals surface area contributed by atoms with Gasteiger partial charge in [0.25, 0.3) is 5.91 Å². The van der Waals surface area contributed by atoms with Gasteiger partial charge in [-0.25, -0.2) is 9.98 Å². The molecule has 0 radical (unpaired) electrons. The molecule has 1 aliphatic rings. The van der Waals surface area contributed by atoms with E-state index in [9.17, 15) is 4.79 Å². The molecule has 1 amide bonds. The van der Waals surface area contributed by atoms with E-state index >= 15 is 0 Å². The molecular weight excluding hydrogens is 432 g/mol. The summed E-state index contributed by atoms with van der Waals surface area (Å²) in [4.78, 5) is 24.4. The lowest BCUT2D eigenvalue weighted by Gasteiger charge is -2.27. The Morgan fingerprint density at radius 1 is 0.848 bits per heavy atom. The molecule has 0 fully saturated rings. The fourth-order valence-corrected chi connectivity index (χ4v) is 4.48. The van der Waals surface area contributed by atoms with E-state index in [1.54, 1.807) is 11.1 Å². The second-order valence-electron chi connectivity index (χ2n) is 7.85. The quantitative estimate of drug-likeness (QED) is 0.433. The zero-order chi connectivity index (χ0) is 22.8. The molecular formula is C27H21ClN4O. The number of aromatic nitrogens is 1. The smallest absolute Gasteiger partial charge is 0.266 e. The number of nitrogens with two attached hydrogens (primary N) is 1. The molecule has 2 heterocycles. The van der Waals surface area contributed by atoms with Crippen molar-refractivity contribution in [2.45, 2.75) is 12.1 Å². The second kappa shape index (κ2) is 8.52. The van der Waals surface area contributed by atoms with Gasteiger partial charge in [-0.05, 0) is 40.5 Å². The molecule has 0 saturated heterocycles. The van der Waals surface area contributed by atoms with Gasteiger partial charge in [-0.2, -0.15) is 0 Å². The first kappa shape index (κ1) is 20.9. The average molecular weight is 453 g/mol. The van der Waals surface area contributed by atoms with Crippen LogP contribution in [0.1, 0.15) is 16.7 Å². The summed E-state index contributed by atoms with van der Waals surface area (Å²) < 4.78 is 0. The number of carbonyl (C=O) groups is 1. The first-order valence-corrected chi connectivity index (χ1v) is 11.0. The number of carbonyl (C=O) groups excluding carboxylic acids is 1. The predicted octanol–water partition coefficient (Wildman–Crippen LogP) is 5.00. The third-order valence-electron chi connectivity index (χ3n) is 5.83. The van der Waals surface area contributed by atoms with Crippen LogP contribution in [0.5, 0.6) is 0 Å². The van der Waals surface area contributed by atoms with Gasteiger partial charge in [0.15, 0.2) is 11.5 Å². The summed E-state index contributed by atoms with van der Waals surface area (Å²) in [7, 11) is 0. The molecule has 0 unspecified atom stereocenters. The van der Waals surface area contributed by atoms with Crippen LogP contribution in [0.2, 0.25) is 5.15 Å². The molecule has 0 bridgehead atoms. The number of hydrogen-bond donors (Lipinski definition) is 1. The van der Waals surface area contributed by atoms with Gasteiger partial charge < -0.3 is 5.73 Å². The van der Waals surface area contributed by atoms with Gasteiger partial charge in [0.05, 0.1) is 6.54 Å². The van der Waals surface area contributed by atoms with Gasteiger partial charge in [-0.3, -0.25) is 9.69 Å². The first-order chi connectivity index (χ1) is 16.1. The van der Waals surface area contributed by atoms with E-state index in [4.69, 9.17) is 22.3 Å². The van der Waals surface area contributed by atoms with Crippen molar-refractivity contribution in [3.05, 3.63) is 125 Å². The summed E-state index contributed by atoms with van der Waals surface area (Å²) in [6.45, 7) is 0.293. The number of rotatable bonds is 5. The minimum Gasteiger partial charge on any atom is -0.369 e. The minimum atomic E-state index is -1.21. The Bertz CT molecular complexity index is 1300. The lowest BCUT2D eigenvalue weighted by molar-refractivity contribution is -0.130. The molecule has 2 N–H and O–H groups in total. The number of halogens is 1. The van der Waals surface area contributed by atoms with Crippen molar-refractivity contribution < 1.29 is 4.79 Å². The Hall–Kier alpha value is -3.96. The maximum absolute atomic E-state index is 14.0. The number of benzene rings is 3. The van der Waals surface area contributed by atoms with E-state index in [1.807, 2.05) is 97.1 Å². The van der Waals surface area contributed by atoms with Crippen LogP contribution in [0.3, 0.4) is 0 Å². The van der Waals surface area contributed by atoms with Crippen LogP contribution in [-0.2, 0) is 16.9 Å². The molecule has 5 nitrogen and oxygen atoms in total. The molecule has 33 heavy (non-hydrogen) atoms. The maximum atomic E-state index is 14.0. The lowest BCUT2D eigenvalue weighted by atomic mass is 9.83. The van der Waals surface area contributed by atoms with Gasteiger partial charge >= 0.3 is 0 Å². The summed E-state index contributed by atoms with van der Waals surface area (Å²) >= 11 is 6.29. The van der Waals surface area contributed by atoms with E-state index in [-0.39, 0.29) is 11.9 Å². The summed E-state index contributed by atoms with van der Waals surface area (Å²) in [6.07, 6.45) is 1.66. The molecule has 4 aromatic rings. The van der Waals surface area contributed by atoms with Gasteiger partial charge in [0, 0.05) is 11.8 Å². The highest BCUT2D eigenvalue weighted by Crippen LogP contribution is 2.40. The number of pyridine rings is 1. The third-order valence-corrected chi connectivity index (χ3v) is 6.14. The molecule has 5 rings (SSSR count). The zero-order valence-electron chi connectivity index (χ0n) is 17.7. The largest absolute Gasteiger partial charge is 0.369 e. The van der Waals surface area contributed by atoms with Gasteiger partial charge in [-0.15, -0.1) is 0 Å². The molecule has 6 heteroatoms. The van der Waals surface area contributed by atoms with Crippen molar-refractivity contribution in [3.63, 3.8) is 0 Å². The third kappa shape index (κ3) is 3.66. The van der Waals surface area contributed by atoms with Crippen molar-refractivity contribution in [1.82, 2.24) is 9.88 Å². The Kier molecular flexibility index (Phi) is 5.40. The Labute approximate surface area is 197 Å². The molecule has 1 aliphatic heterocycles. The van der Waals surface area contributed by atoms with Crippen LogP contribution in [0, 0.1) is 0 Å². The molecule has 0 atom stereocenters. The van der Waals surface area contributed by atoms with Crippen molar-refractivity contribution in [1.29, 1.82) is 0 Å². The highest BCUT2D eigenvalue weighted by atomic mass is 35.5. The standard InChI is InChI=1S/C27H21ClN4O/c28-24-23(15-8-16-30-24)20-10-7-9-19(17-20)18-32-25(33)27(31-26(32)29,21-11-3-1-4-12-21)22-13-5-2-6-14-22/h1-17H,18H2,(H2,29,31). The van der Waals surface area contributed by atoms with Crippen LogP contribution in [0.4, 0.5) is 0 Å². The fourth-order valence-electron chi connectivity index (χ4n) is 4.25. The van der Waals surface area contributed by atoms with E-state index in [2.05, 4.69) is 4.98 Å². The Morgan fingerprint density at radius 3 is 2.15 bits per heavy atom. The number of hydrogen-bond acceptors (Lipinski definition) is 4. The Balaban J connectivity index is 1.53. The summed E-state index contributed by atoms with van der Waals surface area (Å²) in [5.74, 6) is 0.0136. The van der Waals surface area contributed by atoms with Crippen molar-refractivity contribution in [2.24, 2.45) is 10.7 Å². The summed E-state index contributed by atoms with van der Waals surface area (Å²) in [5, 5.41) is 0.431. The Morgan fingerprint density at radius 2 is 1.52 bits per heavy atom. The molecule has 162 valence electrons. The maximum Gasteiger partial charge on any atom is 0.266 e. The van der Waals surface area contributed by atoms with Crippen LogP contribution in [0.15, 0.2) is 108 Å². The fraction of sp³-hybridized carbons (Fsp3) is 0.0741. The van der Waals surface area contributed by atoms with Crippen molar-refractivity contribution in [3.8, 4) is 11.1 Å². The molecule has 0 spiro atoms. The number of guanidine groups is 1. The minimum absolute atomic E-state index is 0.179. The summed E-state index contributed by atoms with van der Waals surface area (Å²) in [6, 6.07) is 30.7. The van der Waals surface area contributed by atoms with Gasteiger partial charge in [0.2, 0.25) is 0 Å². The molecule has 0 saturated carbocycles. The van der Waals surface area contributed by atoms with Crippen molar-refractivity contribution >= 4 is 23.5 Å². The van der Waals surface area contributed by atoms with E-state index in [0.717, 1.165) is 27.8 Å². The van der Waals surface area contributed by atoms with Gasteiger partial charge in [0.1, 0.15) is 5.15 Å². The number of amides is 1. The van der Waals surface area contributed by atoms with Crippen LogP contribution in [0.25, 0.3) is 11.1 Å². The van der Waals surface area contributed by atoms with Crippen molar-refractivity contribution in [2.75, 3.05) is 0 Å². The first-order valence-electron chi connectivity index (χ1n) is 10.6. The monoisotopic (exact) mass is 452 g/mol. The van der Waals surface area contributed by atoms with E-state index in [0.29, 0.717) is 11.7 Å². The SMILES string of the molecule is NC1=NC(c2ccccc2)(c2ccccc2)C(=O)N1Cc1cccc(-c2cccnc2Cl)c1. The molecule has 3 aromatic carbocycles. The number of aliphatic imine (C=N–C) groups is 1. The van der Waals surface area contributed by atoms with Crippen LogP contribution in [-0.4, -0.2) is 21.8 Å². The van der Waals surface area contributed by atoms with Crippen LogP contribution < -0.4 is 5.73 Å². The topological polar surface area (TPSA) is 71.6 Å². The second-order valence-corrected chi connectivity index (χ2v) is 8.20. The molecule has 1 aromatic heterocycles. The van der Waals surface area contributed by atoms with E-state index in [1.165, 1.54) is 0 Å². The molecule has 0 aliphatic carbocycles. The summed E-state index contributed by atoms with van der Waals surface area (Å²) in [5.41, 5.74) is 9.38. The average Bonchev–Trinajstić information content (AvgIpc) is 3.11. The highest BCUT2D eigenvalue weighted by molar-refractivity contribution is 6.32. The van der Waals surface area contributed by atoms with E-state index < -0.39 is 5.54 Å². The number of nitrogens with zero attached hydrogens (tertiary/aromatic N) is 3. The lowest BCUT2D eigenvalue weighted by Crippen LogP contribution is -2.43. The van der Waals surface area contributed by atoms with Crippen LogP contribution >= 0.6 is 11.6 Å².